The van der Waals surface area contributed by atoms with Gasteiger partial charge in [0.2, 0.25) is 0 Å². The van der Waals surface area contributed by atoms with Crippen molar-refractivity contribution in [1.29, 1.82) is 0 Å². The van der Waals surface area contributed by atoms with E-state index in [1.165, 1.54) is 29.6 Å². The van der Waals surface area contributed by atoms with Crippen molar-refractivity contribution in [2.24, 2.45) is 0 Å². The van der Waals surface area contributed by atoms with Crippen molar-refractivity contribution in [3.8, 4) is 0 Å². The van der Waals surface area contributed by atoms with Gasteiger partial charge < -0.3 is 9.67 Å². The van der Waals surface area contributed by atoms with Crippen LogP contribution in [0, 0.1) is 0 Å². The van der Waals surface area contributed by atoms with Gasteiger partial charge in [-0.2, -0.15) is 0 Å². The Balaban J connectivity index is 2.30. The lowest BCUT2D eigenvalue weighted by molar-refractivity contribution is 0.0697. The topological polar surface area (TPSA) is 42.2 Å². The van der Waals surface area contributed by atoms with Gasteiger partial charge in [0.1, 0.15) is 0 Å². The van der Waals surface area contributed by atoms with Crippen LogP contribution in [0.3, 0.4) is 0 Å². The van der Waals surface area contributed by atoms with Crippen molar-refractivity contribution in [2.75, 3.05) is 0 Å². The summed E-state index contributed by atoms with van der Waals surface area (Å²) in [5.74, 6) is -0.265. The molecule has 1 aromatic heterocycles. The quantitative estimate of drug-likeness (QED) is 0.909. The van der Waals surface area contributed by atoms with E-state index in [-0.39, 0.29) is 0 Å². The Morgan fingerprint density at radius 3 is 2.95 bits per heavy atom. The summed E-state index contributed by atoms with van der Waals surface area (Å²) in [7, 11) is 0. The molecule has 0 radical (unpaired) electrons. The lowest BCUT2D eigenvalue weighted by Crippen LogP contribution is -2.11. The third-order valence-corrected chi connectivity index (χ3v) is 4.44. The predicted molar refractivity (Wildman–Crippen MR) is 80.5 cm³/mol. The van der Waals surface area contributed by atoms with Crippen molar-refractivity contribution in [1.82, 2.24) is 4.57 Å². The van der Waals surface area contributed by atoms with E-state index in [2.05, 4.69) is 18.4 Å². The van der Waals surface area contributed by atoms with Gasteiger partial charge in [-0.1, -0.05) is 13.8 Å². The summed E-state index contributed by atoms with van der Waals surface area (Å²) in [5.41, 5.74) is 4.42. The highest BCUT2D eigenvalue weighted by atomic mass is 16.4. The first-order chi connectivity index (χ1) is 9.63. The number of carboxylic acids is 1. The Labute approximate surface area is 119 Å². The molecule has 0 saturated carbocycles. The third kappa shape index (κ3) is 1.92. The molecule has 1 unspecified atom stereocenters. The monoisotopic (exact) mass is 271 g/mol. The zero-order valence-electron chi connectivity index (χ0n) is 12.1. The zero-order chi connectivity index (χ0) is 14.3. The molecule has 0 aliphatic heterocycles. The second-order valence-corrected chi connectivity index (χ2v) is 5.85. The zero-order valence-corrected chi connectivity index (χ0v) is 12.1. The molecule has 0 fully saturated rings. The van der Waals surface area contributed by atoms with Crippen LogP contribution in [0.4, 0.5) is 0 Å². The smallest absolute Gasteiger partial charge is 0.335 e. The van der Waals surface area contributed by atoms with E-state index >= 15 is 0 Å². The molecule has 1 N–H and O–H groups in total. The fourth-order valence-electron chi connectivity index (χ4n) is 3.59. The molecule has 1 aliphatic carbocycles. The number of benzene rings is 1. The van der Waals surface area contributed by atoms with Crippen LogP contribution in [-0.4, -0.2) is 15.6 Å². The average molecular weight is 271 g/mol. The Kier molecular flexibility index (Phi) is 3.28. The Morgan fingerprint density at radius 1 is 1.45 bits per heavy atom. The van der Waals surface area contributed by atoms with Crippen LogP contribution >= 0.6 is 0 Å². The molecule has 3 nitrogen and oxygen atoms in total. The van der Waals surface area contributed by atoms with E-state index < -0.39 is 5.97 Å². The maximum absolute atomic E-state index is 11.2. The van der Waals surface area contributed by atoms with Gasteiger partial charge in [0.15, 0.2) is 0 Å². The number of aryl methyl sites for hydroxylation is 2. The Hall–Kier alpha value is -1.77. The fraction of sp³-hybridized carbons (Fsp3) is 0.471. The van der Waals surface area contributed by atoms with Gasteiger partial charge >= 0.3 is 5.97 Å². The van der Waals surface area contributed by atoms with E-state index in [1.54, 1.807) is 6.07 Å². The molecule has 0 bridgehead atoms. The van der Waals surface area contributed by atoms with E-state index in [0.29, 0.717) is 11.5 Å². The summed E-state index contributed by atoms with van der Waals surface area (Å²) in [6.45, 7) is 5.50. The number of aromatic nitrogens is 1. The van der Waals surface area contributed by atoms with Crippen LogP contribution < -0.4 is 0 Å². The van der Waals surface area contributed by atoms with Crippen LogP contribution in [0.2, 0.25) is 0 Å². The molecule has 0 spiro atoms. The minimum absolute atomic E-state index is 0.396. The first kappa shape index (κ1) is 13.2. The lowest BCUT2D eigenvalue weighted by Gasteiger charge is -2.22. The number of aromatic carboxylic acids is 1. The normalized spacial score (nSPS) is 18.2. The summed E-state index contributed by atoms with van der Waals surface area (Å²) in [6, 6.07) is 5.58. The summed E-state index contributed by atoms with van der Waals surface area (Å²) in [4.78, 5) is 11.2. The number of nitrogens with zero attached hydrogens (tertiary/aromatic N) is 1. The first-order valence-electron chi connectivity index (χ1n) is 7.51. The molecular weight excluding hydrogens is 250 g/mol. The highest BCUT2D eigenvalue weighted by Gasteiger charge is 2.25. The van der Waals surface area contributed by atoms with E-state index in [1.807, 2.05) is 12.1 Å². The molecule has 3 rings (SSSR count). The van der Waals surface area contributed by atoms with Crippen LogP contribution in [0.25, 0.3) is 10.9 Å². The number of hydrogen-bond donors (Lipinski definition) is 1. The average Bonchev–Trinajstić information content (AvgIpc) is 2.75. The maximum atomic E-state index is 11.2. The number of rotatable bonds is 3. The van der Waals surface area contributed by atoms with Crippen molar-refractivity contribution >= 4 is 16.9 Å². The third-order valence-electron chi connectivity index (χ3n) is 4.44. The summed E-state index contributed by atoms with van der Waals surface area (Å²) < 4.78 is 2.42. The van der Waals surface area contributed by atoms with Crippen LogP contribution in [0.15, 0.2) is 18.2 Å². The van der Waals surface area contributed by atoms with Crippen molar-refractivity contribution in [3.05, 3.63) is 35.0 Å². The van der Waals surface area contributed by atoms with Gasteiger partial charge in [0.25, 0.3) is 0 Å². The SMILES string of the molecule is CCCn1c2c(c3cc(C(=O)O)ccc31)CCCC2C. The standard InChI is InChI=1S/C17H21NO2/c1-3-9-18-15-8-7-12(17(19)20)10-14(15)13-6-4-5-11(2)16(13)18/h7-8,10-11H,3-6,9H2,1-2H3,(H,19,20). The van der Waals surface area contributed by atoms with Gasteiger partial charge in [0, 0.05) is 23.1 Å². The van der Waals surface area contributed by atoms with E-state index in [0.717, 1.165) is 24.8 Å². The van der Waals surface area contributed by atoms with E-state index in [4.69, 9.17) is 0 Å². The Bertz CT molecular complexity index is 669. The van der Waals surface area contributed by atoms with Crippen LogP contribution in [0.1, 0.15) is 60.6 Å². The molecular formula is C17H21NO2. The van der Waals surface area contributed by atoms with Gasteiger partial charge in [-0.05, 0) is 55.4 Å². The largest absolute Gasteiger partial charge is 0.478 e. The second kappa shape index (κ2) is 4.97. The summed E-state index contributed by atoms with van der Waals surface area (Å²) in [6.07, 6.45) is 4.62. The summed E-state index contributed by atoms with van der Waals surface area (Å²) in [5, 5.41) is 10.4. The number of carbonyl (C=O) groups is 1. The van der Waals surface area contributed by atoms with Gasteiger partial charge in [0.05, 0.1) is 5.56 Å². The maximum Gasteiger partial charge on any atom is 0.335 e. The van der Waals surface area contributed by atoms with Crippen LogP contribution in [-0.2, 0) is 13.0 Å². The van der Waals surface area contributed by atoms with Crippen molar-refractivity contribution in [2.45, 2.75) is 52.0 Å². The molecule has 3 heteroatoms. The molecule has 0 amide bonds. The number of fused-ring (bicyclic) bond motifs is 3. The minimum Gasteiger partial charge on any atom is -0.478 e. The highest BCUT2D eigenvalue weighted by Crippen LogP contribution is 2.38. The van der Waals surface area contributed by atoms with Crippen LogP contribution in [0.5, 0.6) is 0 Å². The predicted octanol–water partition coefficient (Wildman–Crippen LogP) is 4.19. The molecule has 1 aromatic carbocycles. The van der Waals surface area contributed by atoms with Gasteiger partial charge in [-0.3, -0.25) is 0 Å². The molecule has 1 atom stereocenters. The second-order valence-electron chi connectivity index (χ2n) is 5.85. The lowest BCUT2D eigenvalue weighted by atomic mass is 9.87. The highest BCUT2D eigenvalue weighted by molar-refractivity contribution is 5.95. The van der Waals surface area contributed by atoms with E-state index in [9.17, 15) is 9.90 Å². The number of carboxylic acid groups (broad SMARTS) is 1. The van der Waals surface area contributed by atoms with Gasteiger partial charge in [-0.25, -0.2) is 4.79 Å². The first-order valence-corrected chi connectivity index (χ1v) is 7.51. The summed E-state index contributed by atoms with van der Waals surface area (Å²) >= 11 is 0. The van der Waals surface area contributed by atoms with Crippen molar-refractivity contribution in [3.63, 3.8) is 0 Å². The minimum atomic E-state index is -0.840. The Morgan fingerprint density at radius 2 is 2.25 bits per heavy atom. The molecule has 1 aliphatic rings. The molecule has 2 aromatic rings. The molecule has 1 heterocycles. The fourth-order valence-corrected chi connectivity index (χ4v) is 3.59. The van der Waals surface area contributed by atoms with Gasteiger partial charge in [-0.15, -0.1) is 0 Å². The van der Waals surface area contributed by atoms with Crippen molar-refractivity contribution < 1.29 is 9.90 Å². The molecule has 20 heavy (non-hydrogen) atoms. The molecule has 106 valence electrons. The molecule has 0 saturated heterocycles. The number of hydrogen-bond acceptors (Lipinski definition) is 1.